The number of ether oxygens (including phenoxy) is 1. The number of carbonyl (C=O) groups is 1. The molecule has 1 aromatic carbocycles. The topological polar surface area (TPSA) is 29.5 Å². The summed E-state index contributed by atoms with van der Waals surface area (Å²) in [5.74, 6) is 1.52. The number of rotatable bonds is 17. The molecule has 0 bridgehead atoms. The van der Waals surface area contributed by atoms with E-state index in [1.54, 1.807) is 0 Å². The summed E-state index contributed by atoms with van der Waals surface area (Å²) in [4.78, 5) is 16.9. The van der Waals surface area contributed by atoms with Crippen molar-refractivity contribution in [1.82, 2.24) is 4.90 Å². The summed E-state index contributed by atoms with van der Waals surface area (Å²) >= 11 is 1.86. The minimum Gasteiger partial charge on any atom is -0.426 e. The van der Waals surface area contributed by atoms with Gasteiger partial charge in [-0.25, -0.2) is 0 Å². The molecule has 0 amide bonds. The molecule has 0 saturated heterocycles. The molecule has 2 unspecified atom stereocenters. The summed E-state index contributed by atoms with van der Waals surface area (Å²) in [6.45, 7) is 9.09. The van der Waals surface area contributed by atoms with E-state index in [1.165, 1.54) is 60.9 Å². The summed E-state index contributed by atoms with van der Waals surface area (Å²) in [6, 6.07) is 11.3. The summed E-state index contributed by atoms with van der Waals surface area (Å²) in [7, 11) is 0. The Morgan fingerprint density at radius 3 is 2.61 bits per heavy atom. The van der Waals surface area contributed by atoms with Crippen LogP contribution in [-0.4, -0.2) is 30.0 Å². The highest BCUT2D eigenvalue weighted by Gasteiger charge is 2.26. The number of hydrogen-bond donors (Lipinski definition) is 0. The van der Waals surface area contributed by atoms with Crippen molar-refractivity contribution >= 4 is 17.3 Å². The van der Waals surface area contributed by atoms with Gasteiger partial charge in [0.2, 0.25) is 0 Å². The molecule has 1 aromatic heterocycles. The fourth-order valence-electron chi connectivity index (χ4n) is 5.87. The average molecular weight is 512 g/mol. The first-order valence-corrected chi connectivity index (χ1v) is 15.6. The van der Waals surface area contributed by atoms with Gasteiger partial charge in [-0.15, -0.1) is 11.3 Å². The molecule has 1 aliphatic carbocycles. The third kappa shape index (κ3) is 9.34. The van der Waals surface area contributed by atoms with E-state index in [4.69, 9.17) is 4.74 Å². The van der Waals surface area contributed by atoms with Gasteiger partial charge in [-0.2, -0.15) is 0 Å². The Bertz CT molecular complexity index is 878. The first kappa shape index (κ1) is 28.9. The van der Waals surface area contributed by atoms with Crippen LogP contribution in [0.5, 0.6) is 5.75 Å². The van der Waals surface area contributed by atoms with E-state index >= 15 is 0 Å². The van der Waals surface area contributed by atoms with Gasteiger partial charge in [0.15, 0.2) is 0 Å². The maximum Gasteiger partial charge on any atom is 0.311 e. The molecule has 1 aliphatic rings. The van der Waals surface area contributed by atoms with Crippen LogP contribution in [-0.2, 0) is 24.1 Å². The molecule has 0 saturated carbocycles. The van der Waals surface area contributed by atoms with Crippen molar-refractivity contribution < 1.29 is 9.53 Å². The summed E-state index contributed by atoms with van der Waals surface area (Å²) in [6.07, 6.45) is 15.9. The first-order chi connectivity index (χ1) is 17.6. The molecule has 0 radical (unpaired) electrons. The van der Waals surface area contributed by atoms with Crippen LogP contribution in [0.1, 0.15) is 107 Å². The molecule has 0 N–H and O–H groups in total. The Kier molecular flexibility index (Phi) is 13.0. The van der Waals surface area contributed by atoms with Gasteiger partial charge in [0.1, 0.15) is 5.75 Å². The summed E-state index contributed by atoms with van der Waals surface area (Å²) in [5.41, 5.74) is 2.63. The van der Waals surface area contributed by atoms with Crippen molar-refractivity contribution in [2.45, 2.75) is 117 Å². The first-order valence-electron chi connectivity index (χ1n) is 14.7. The minimum atomic E-state index is -0.0575. The molecule has 3 nitrogen and oxygen atoms in total. The zero-order chi connectivity index (χ0) is 25.6. The van der Waals surface area contributed by atoms with Crippen LogP contribution in [0.3, 0.4) is 0 Å². The number of fused-ring (bicyclic) bond motifs is 1. The van der Waals surface area contributed by atoms with Crippen LogP contribution in [0.25, 0.3) is 0 Å². The van der Waals surface area contributed by atoms with Crippen LogP contribution >= 0.6 is 11.3 Å². The molecule has 0 spiro atoms. The second-order valence-electron chi connectivity index (χ2n) is 10.7. The smallest absolute Gasteiger partial charge is 0.311 e. The van der Waals surface area contributed by atoms with Crippen LogP contribution in [0.4, 0.5) is 0 Å². The molecular formula is C32H49NO2S. The van der Waals surface area contributed by atoms with E-state index < -0.39 is 0 Å². The van der Waals surface area contributed by atoms with Crippen LogP contribution < -0.4 is 4.74 Å². The molecule has 0 aliphatic heterocycles. The largest absolute Gasteiger partial charge is 0.426 e. The van der Waals surface area contributed by atoms with Crippen molar-refractivity contribution in [1.29, 1.82) is 0 Å². The zero-order valence-corrected chi connectivity index (χ0v) is 23.9. The number of carbonyl (C=O) groups excluding carboxylic acids is 1. The second-order valence-corrected chi connectivity index (χ2v) is 11.7. The standard InChI is InChI=1S/C32H49NO2S/c1-4-7-8-13-26(12-5-2)14-9-18-32(34)35-31-17-10-15-27-25-28(19-20-30(27)31)33(22-6-3)23-21-29-16-11-24-36-29/h10-11,15-17,24,26,28H,4-9,12-14,18-23,25H2,1-3H3. The number of esters is 1. The van der Waals surface area contributed by atoms with Gasteiger partial charge in [-0.3, -0.25) is 9.69 Å². The lowest BCUT2D eigenvalue weighted by molar-refractivity contribution is -0.134. The molecule has 2 aromatic rings. The average Bonchev–Trinajstić information content (AvgIpc) is 3.40. The molecule has 4 heteroatoms. The van der Waals surface area contributed by atoms with E-state index in [0.717, 1.165) is 63.3 Å². The SMILES string of the molecule is CCCCCC(CCC)CCCC(=O)Oc1cccc2c1CCC(N(CCC)CCc1cccs1)C2. The Balaban J connectivity index is 1.51. The zero-order valence-electron chi connectivity index (χ0n) is 23.1. The predicted molar refractivity (Wildman–Crippen MR) is 154 cm³/mol. The fraction of sp³-hybridized carbons (Fsp3) is 0.656. The Morgan fingerprint density at radius 1 is 1.00 bits per heavy atom. The lowest BCUT2D eigenvalue weighted by Gasteiger charge is -2.35. The minimum absolute atomic E-state index is 0.0575. The molecule has 2 atom stereocenters. The third-order valence-corrected chi connectivity index (χ3v) is 8.73. The van der Waals surface area contributed by atoms with Crippen molar-refractivity contribution in [3.8, 4) is 5.75 Å². The van der Waals surface area contributed by atoms with Gasteiger partial charge in [0.05, 0.1) is 0 Å². The predicted octanol–water partition coefficient (Wildman–Crippen LogP) is 8.63. The molecule has 200 valence electrons. The number of nitrogens with zero attached hydrogens (tertiary/aromatic N) is 1. The van der Waals surface area contributed by atoms with E-state index in [0.29, 0.717) is 12.5 Å². The quantitative estimate of drug-likeness (QED) is 0.121. The number of benzene rings is 1. The molecular weight excluding hydrogens is 462 g/mol. The highest BCUT2D eigenvalue weighted by atomic mass is 32.1. The Hall–Kier alpha value is -1.65. The monoisotopic (exact) mass is 511 g/mol. The van der Waals surface area contributed by atoms with Gasteiger partial charge in [-0.05, 0) is 86.0 Å². The molecule has 36 heavy (non-hydrogen) atoms. The van der Waals surface area contributed by atoms with Gasteiger partial charge in [0, 0.05) is 23.9 Å². The maximum atomic E-state index is 12.7. The lowest BCUT2D eigenvalue weighted by atomic mass is 9.86. The van der Waals surface area contributed by atoms with Crippen molar-refractivity contribution in [3.05, 3.63) is 51.7 Å². The van der Waals surface area contributed by atoms with Gasteiger partial charge in [0.25, 0.3) is 0 Å². The Labute approximate surface area is 224 Å². The third-order valence-electron chi connectivity index (χ3n) is 7.80. The number of unbranched alkanes of at least 4 members (excludes halogenated alkanes) is 2. The van der Waals surface area contributed by atoms with E-state index in [9.17, 15) is 4.79 Å². The lowest BCUT2D eigenvalue weighted by Crippen LogP contribution is -2.41. The van der Waals surface area contributed by atoms with Gasteiger partial charge in [-0.1, -0.05) is 77.5 Å². The van der Waals surface area contributed by atoms with Crippen molar-refractivity contribution in [2.24, 2.45) is 5.92 Å². The molecule has 0 fully saturated rings. The fourth-order valence-corrected chi connectivity index (χ4v) is 6.56. The maximum absolute atomic E-state index is 12.7. The Morgan fingerprint density at radius 2 is 1.86 bits per heavy atom. The second kappa shape index (κ2) is 16.2. The molecule has 1 heterocycles. The van der Waals surface area contributed by atoms with E-state index in [-0.39, 0.29) is 5.97 Å². The number of thiophene rings is 1. The van der Waals surface area contributed by atoms with Crippen LogP contribution in [0.2, 0.25) is 0 Å². The van der Waals surface area contributed by atoms with Gasteiger partial charge >= 0.3 is 5.97 Å². The van der Waals surface area contributed by atoms with Gasteiger partial charge < -0.3 is 4.74 Å². The van der Waals surface area contributed by atoms with Crippen LogP contribution in [0, 0.1) is 5.92 Å². The highest BCUT2D eigenvalue weighted by Crippen LogP contribution is 2.32. The molecule has 3 rings (SSSR count). The highest BCUT2D eigenvalue weighted by molar-refractivity contribution is 7.09. The van der Waals surface area contributed by atoms with Crippen molar-refractivity contribution in [2.75, 3.05) is 13.1 Å². The van der Waals surface area contributed by atoms with E-state index in [1.807, 2.05) is 17.4 Å². The van der Waals surface area contributed by atoms with Crippen LogP contribution in [0.15, 0.2) is 35.7 Å². The summed E-state index contributed by atoms with van der Waals surface area (Å²) in [5, 5.41) is 2.18. The summed E-state index contributed by atoms with van der Waals surface area (Å²) < 4.78 is 5.94. The number of hydrogen-bond acceptors (Lipinski definition) is 4. The van der Waals surface area contributed by atoms with E-state index in [2.05, 4.69) is 55.3 Å². The normalized spacial score (nSPS) is 16.2. The van der Waals surface area contributed by atoms with Crippen molar-refractivity contribution in [3.63, 3.8) is 0 Å².